The Morgan fingerprint density at radius 3 is 2.25 bits per heavy atom. The Kier molecular flexibility index (Phi) is 2.85. The fourth-order valence-corrected chi connectivity index (χ4v) is 2.98. The predicted octanol–water partition coefficient (Wildman–Crippen LogP) is 1.64. The van der Waals surface area contributed by atoms with Crippen LogP contribution in [0.2, 0.25) is 0 Å². The van der Waals surface area contributed by atoms with Crippen LogP contribution in [-0.4, -0.2) is 34.5 Å². The van der Waals surface area contributed by atoms with Gasteiger partial charge in [-0.05, 0) is 34.4 Å². The molecule has 0 saturated carbocycles. The van der Waals surface area contributed by atoms with Crippen molar-refractivity contribution in [1.82, 2.24) is 0 Å². The first-order valence-electron chi connectivity index (χ1n) is 6.33. The van der Waals surface area contributed by atoms with Crippen LogP contribution in [-0.2, 0) is 5.41 Å². The number of aliphatic hydroxyl groups is 2. The van der Waals surface area contributed by atoms with E-state index < -0.39 is 11.4 Å². The van der Waals surface area contributed by atoms with Gasteiger partial charge in [-0.2, -0.15) is 0 Å². The van der Waals surface area contributed by atoms with Gasteiger partial charge in [-0.25, -0.2) is 4.79 Å². The second kappa shape index (κ2) is 4.44. The number of hydrogen-bond acceptors (Lipinski definition) is 3. The molecule has 0 atom stereocenters. The first-order chi connectivity index (χ1) is 9.64. The van der Waals surface area contributed by atoms with E-state index in [4.69, 9.17) is 5.11 Å². The highest BCUT2D eigenvalue weighted by Crippen LogP contribution is 2.48. The lowest BCUT2D eigenvalue weighted by Gasteiger charge is -2.27. The van der Waals surface area contributed by atoms with Gasteiger partial charge in [-0.1, -0.05) is 30.3 Å². The minimum atomic E-state index is -1.02. The molecule has 3 N–H and O–H groups in total. The van der Waals surface area contributed by atoms with Gasteiger partial charge < -0.3 is 15.3 Å². The van der Waals surface area contributed by atoms with Crippen LogP contribution in [0, 0.1) is 0 Å². The molecule has 0 aliphatic heterocycles. The van der Waals surface area contributed by atoms with Crippen molar-refractivity contribution in [2.45, 2.75) is 5.41 Å². The summed E-state index contributed by atoms with van der Waals surface area (Å²) in [6.45, 7) is -0.535. The smallest absolute Gasteiger partial charge is 0.335 e. The van der Waals surface area contributed by atoms with Crippen molar-refractivity contribution in [3.05, 3.63) is 59.2 Å². The maximum Gasteiger partial charge on any atom is 0.335 e. The van der Waals surface area contributed by atoms with Gasteiger partial charge in [-0.3, -0.25) is 0 Å². The summed E-state index contributed by atoms with van der Waals surface area (Å²) in [5, 5.41) is 28.8. The van der Waals surface area contributed by atoms with E-state index in [1.54, 1.807) is 18.2 Å². The first kappa shape index (κ1) is 12.8. The molecule has 3 rings (SSSR count). The summed E-state index contributed by atoms with van der Waals surface area (Å²) in [4.78, 5) is 11.1. The van der Waals surface area contributed by atoms with Gasteiger partial charge in [0.1, 0.15) is 0 Å². The molecule has 4 heteroatoms. The minimum absolute atomic E-state index is 0.155. The average molecular weight is 270 g/mol. The second-order valence-corrected chi connectivity index (χ2v) is 5.01. The lowest BCUT2D eigenvalue weighted by Crippen LogP contribution is -2.34. The lowest BCUT2D eigenvalue weighted by molar-refractivity contribution is 0.0696. The molecule has 0 spiro atoms. The zero-order valence-electron chi connectivity index (χ0n) is 10.7. The van der Waals surface area contributed by atoms with Crippen molar-refractivity contribution >= 4 is 5.97 Å². The highest BCUT2D eigenvalue weighted by Gasteiger charge is 2.42. The summed E-state index contributed by atoms with van der Waals surface area (Å²) in [7, 11) is 0. The third-order valence-electron chi connectivity index (χ3n) is 4.05. The minimum Gasteiger partial charge on any atom is -0.478 e. The molecule has 20 heavy (non-hydrogen) atoms. The van der Waals surface area contributed by atoms with E-state index in [-0.39, 0.29) is 18.8 Å². The van der Waals surface area contributed by atoms with Crippen molar-refractivity contribution in [3.8, 4) is 11.1 Å². The number of aliphatic hydroxyl groups excluding tert-OH is 2. The maximum absolute atomic E-state index is 11.1. The zero-order valence-corrected chi connectivity index (χ0v) is 10.7. The summed E-state index contributed by atoms with van der Waals surface area (Å²) in [6, 6.07) is 12.4. The second-order valence-electron chi connectivity index (χ2n) is 5.01. The van der Waals surface area contributed by atoms with Gasteiger partial charge in [-0.15, -0.1) is 0 Å². The molecule has 0 saturated heterocycles. The third kappa shape index (κ3) is 1.52. The summed E-state index contributed by atoms with van der Waals surface area (Å²) in [5.41, 5.74) is 2.53. The Morgan fingerprint density at radius 2 is 1.60 bits per heavy atom. The van der Waals surface area contributed by atoms with E-state index >= 15 is 0 Å². The summed E-state index contributed by atoms with van der Waals surface area (Å²) in [6.07, 6.45) is 0. The molecule has 4 nitrogen and oxygen atoms in total. The topological polar surface area (TPSA) is 77.8 Å². The Bertz CT molecular complexity index is 687. The number of carboxylic acid groups (broad SMARTS) is 1. The van der Waals surface area contributed by atoms with E-state index in [2.05, 4.69) is 0 Å². The molecule has 0 amide bonds. The molecule has 0 radical (unpaired) electrons. The normalized spacial score (nSPS) is 14.7. The van der Waals surface area contributed by atoms with E-state index in [9.17, 15) is 15.0 Å². The SMILES string of the molecule is O=C(O)c1ccc2c(c1)C(CO)(CO)c1ccccc1-2. The average Bonchev–Trinajstić information content (AvgIpc) is 2.77. The number of hydrogen-bond donors (Lipinski definition) is 3. The van der Waals surface area contributed by atoms with Crippen LogP contribution < -0.4 is 0 Å². The summed E-state index contributed by atoms with van der Waals surface area (Å²) < 4.78 is 0. The van der Waals surface area contributed by atoms with Gasteiger partial charge in [0, 0.05) is 0 Å². The molecule has 0 fully saturated rings. The first-order valence-corrected chi connectivity index (χ1v) is 6.33. The van der Waals surface area contributed by atoms with E-state index in [0.717, 1.165) is 16.7 Å². The molecule has 2 aromatic rings. The number of carboxylic acids is 1. The number of rotatable bonds is 3. The highest BCUT2D eigenvalue weighted by atomic mass is 16.4. The molecule has 0 bridgehead atoms. The number of fused-ring (bicyclic) bond motifs is 3. The zero-order chi connectivity index (χ0) is 14.3. The highest BCUT2D eigenvalue weighted by molar-refractivity contribution is 5.91. The van der Waals surface area contributed by atoms with Gasteiger partial charge in [0.2, 0.25) is 0 Å². The molecule has 2 aromatic carbocycles. The van der Waals surface area contributed by atoms with Gasteiger partial charge in [0.25, 0.3) is 0 Å². The molecular weight excluding hydrogens is 256 g/mol. The van der Waals surface area contributed by atoms with Crippen LogP contribution in [0.3, 0.4) is 0 Å². The maximum atomic E-state index is 11.1. The molecule has 0 aromatic heterocycles. The Labute approximate surface area is 115 Å². The predicted molar refractivity (Wildman–Crippen MR) is 73.8 cm³/mol. The quantitative estimate of drug-likeness (QED) is 0.792. The molecular formula is C16H14O4. The number of aromatic carboxylic acids is 1. The van der Waals surface area contributed by atoms with E-state index in [1.165, 1.54) is 0 Å². The van der Waals surface area contributed by atoms with Crippen molar-refractivity contribution in [2.75, 3.05) is 13.2 Å². The largest absolute Gasteiger partial charge is 0.478 e. The van der Waals surface area contributed by atoms with Gasteiger partial charge >= 0.3 is 5.97 Å². The van der Waals surface area contributed by atoms with Crippen LogP contribution in [0.25, 0.3) is 11.1 Å². The molecule has 1 aliphatic rings. The van der Waals surface area contributed by atoms with Gasteiger partial charge in [0.05, 0.1) is 24.2 Å². The lowest BCUT2D eigenvalue weighted by atomic mass is 9.79. The molecule has 102 valence electrons. The van der Waals surface area contributed by atoms with Crippen LogP contribution >= 0.6 is 0 Å². The van der Waals surface area contributed by atoms with Gasteiger partial charge in [0.15, 0.2) is 0 Å². The fourth-order valence-electron chi connectivity index (χ4n) is 2.98. The van der Waals surface area contributed by atoms with Crippen LogP contribution in [0.1, 0.15) is 21.5 Å². The third-order valence-corrected chi connectivity index (χ3v) is 4.05. The number of carbonyl (C=O) groups is 1. The molecule has 1 aliphatic carbocycles. The molecule has 0 unspecified atom stereocenters. The Balaban J connectivity index is 2.34. The Hall–Kier alpha value is -2.17. The van der Waals surface area contributed by atoms with Crippen molar-refractivity contribution in [1.29, 1.82) is 0 Å². The monoisotopic (exact) mass is 270 g/mol. The number of benzene rings is 2. The van der Waals surface area contributed by atoms with Crippen LogP contribution in [0.15, 0.2) is 42.5 Å². The van der Waals surface area contributed by atoms with Crippen molar-refractivity contribution < 1.29 is 20.1 Å². The van der Waals surface area contributed by atoms with Crippen LogP contribution in [0.5, 0.6) is 0 Å². The van der Waals surface area contributed by atoms with Crippen molar-refractivity contribution in [2.24, 2.45) is 0 Å². The summed E-state index contributed by atoms with van der Waals surface area (Å²) in [5.74, 6) is -1.02. The standard InChI is InChI=1S/C16H14O4/c17-8-16(9-18)13-4-2-1-3-11(13)12-6-5-10(15(19)20)7-14(12)16/h1-7,17-18H,8-9H2,(H,19,20). The Morgan fingerprint density at radius 1 is 0.950 bits per heavy atom. The summed E-state index contributed by atoms with van der Waals surface area (Å²) >= 11 is 0. The van der Waals surface area contributed by atoms with E-state index in [0.29, 0.717) is 5.56 Å². The molecule has 0 heterocycles. The fraction of sp³-hybridized carbons (Fsp3) is 0.188. The van der Waals surface area contributed by atoms with E-state index in [1.807, 2.05) is 24.3 Å². The van der Waals surface area contributed by atoms with Crippen LogP contribution in [0.4, 0.5) is 0 Å². The van der Waals surface area contributed by atoms with Crippen molar-refractivity contribution in [3.63, 3.8) is 0 Å².